The zero-order valence-electron chi connectivity index (χ0n) is 14.5. The van der Waals surface area contributed by atoms with E-state index >= 15 is 0 Å². The predicted octanol–water partition coefficient (Wildman–Crippen LogP) is 4.26. The first-order valence-electron chi connectivity index (χ1n) is 9.18. The molecule has 1 aliphatic heterocycles. The first-order valence-corrected chi connectivity index (χ1v) is 9.18. The lowest BCUT2D eigenvalue weighted by Crippen LogP contribution is -2.28. The predicted molar refractivity (Wildman–Crippen MR) is 98.9 cm³/mol. The van der Waals surface area contributed by atoms with Gasteiger partial charge in [-0.05, 0) is 55.5 Å². The van der Waals surface area contributed by atoms with Crippen molar-refractivity contribution >= 4 is 11.0 Å². The van der Waals surface area contributed by atoms with E-state index in [1.165, 1.54) is 24.0 Å². The normalized spacial score (nSPS) is 24.0. The minimum atomic E-state index is 0.170. The molecule has 1 aliphatic carbocycles. The minimum Gasteiger partial charge on any atom is -0.487 e. The molecule has 3 aromatic rings. The summed E-state index contributed by atoms with van der Waals surface area (Å²) in [5.74, 6) is 1.62. The van der Waals surface area contributed by atoms with Crippen LogP contribution in [0.4, 0.5) is 0 Å². The van der Waals surface area contributed by atoms with Crippen molar-refractivity contribution in [3.63, 3.8) is 0 Å². The summed E-state index contributed by atoms with van der Waals surface area (Å²) < 4.78 is 6.43. The Morgan fingerprint density at radius 2 is 1.96 bits per heavy atom. The van der Waals surface area contributed by atoms with Gasteiger partial charge in [0.15, 0.2) is 0 Å². The van der Waals surface area contributed by atoms with Crippen LogP contribution in [0.3, 0.4) is 0 Å². The van der Waals surface area contributed by atoms with Gasteiger partial charge in [0.25, 0.3) is 0 Å². The van der Waals surface area contributed by atoms with Crippen LogP contribution in [0, 0.1) is 0 Å². The van der Waals surface area contributed by atoms with E-state index in [0.29, 0.717) is 6.04 Å². The molecule has 2 unspecified atom stereocenters. The number of rotatable bonds is 4. The number of nitrogens with one attached hydrogen (secondary N) is 1. The molecular formula is C21H23N3O. The lowest BCUT2D eigenvalue weighted by atomic mass is 9.94. The van der Waals surface area contributed by atoms with E-state index in [1.807, 2.05) is 18.5 Å². The maximum absolute atomic E-state index is 6.43. The molecule has 2 fully saturated rings. The summed E-state index contributed by atoms with van der Waals surface area (Å²) in [5.41, 5.74) is 3.88. The topological polar surface area (TPSA) is 41.1 Å². The summed E-state index contributed by atoms with van der Waals surface area (Å²) in [5, 5.41) is 1.10. The monoisotopic (exact) mass is 333 g/mol. The van der Waals surface area contributed by atoms with E-state index in [1.54, 1.807) is 0 Å². The highest BCUT2D eigenvalue weighted by Gasteiger charge is 2.38. The van der Waals surface area contributed by atoms with Gasteiger partial charge in [-0.1, -0.05) is 24.3 Å². The molecule has 4 nitrogen and oxygen atoms in total. The van der Waals surface area contributed by atoms with Crippen molar-refractivity contribution in [2.75, 3.05) is 13.6 Å². The second kappa shape index (κ2) is 5.88. The lowest BCUT2D eigenvalue weighted by molar-refractivity contribution is 0.149. The molecular weight excluding hydrogens is 310 g/mol. The number of hydrogen-bond acceptors (Lipinski definition) is 3. The molecule has 2 atom stereocenters. The highest BCUT2D eigenvalue weighted by Crippen LogP contribution is 2.45. The molecule has 0 spiro atoms. The zero-order valence-corrected chi connectivity index (χ0v) is 14.5. The Labute approximate surface area is 147 Å². The van der Waals surface area contributed by atoms with Gasteiger partial charge in [-0.15, -0.1) is 0 Å². The van der Waals surface area contributed by atoms with Crippen LogP contribution in [0.1, 0.15) is 42.3 Å². The Hall–Kier alpha value is -2.33. The van der Waals surface area contributed by atoms with Gasteiger partial charge in [-0.2, -0.15) is 0 Å². The van der Waals surface area contributed by atoms with Gasteiger partial charge in [-0.25, -0.2) is 4.98 Å². The van der Waals surface area contributed by atoms with Crippen LogP contribution in [0.25, 0.3) is 11.0 Å². The number of H-pyrrole nitrogens is 1. The third-order valence-corrected chi connectivity index (χ3v) is 5.59. The summed E-state index contributed by atoms with van der Waals surface area (Å²) in [6, 6.07) is 13.4. The highest BCUT2D eigenvalue weighted by atomic mass is 16.5. The Morgan fingerprint density at radius 1 is 1.12 bits per heavy atom. The SMILES string of the molecule is CN1CCC(Oc2cnc3[nH]ccc3c2)C1c1ccccc1C1CC1. The average molecular weight is 333 g/mol. The third kappa shape index (κ3) is 2.71. The largest absolute Gasteiger partial charge is 0.487 e. The van der Waals surface area contributed by atoms with Crippen molar-refractivity contribution in [1.82, 2.24) is 14.9 Å². The molecule has 1 saturated carbocycles. The highest BCUT2D eigenvalue weighted by molar-refractivity contribution is 5.76. The van der Waals surface area contributed by atoms with Crippen LogP contribution in [0.2, 0.25) is 0 Å². The quantitative estimate of drug-likeness (QED) is 0.775. The van der Waals surface area contributed by atoms with Gasteiger partial charge in [0.2, 0.25) is 0 Å². The van der Waals surface area contributed by atoms with E-state index in [9.17, 15) is 0 Å². The van der Waals surface area contributed by atoms with Gasteiger partial charge >= 0.3 is 0 Å². The molecule has 0 radical (unpaired) electrons. The number of nitrogens with zero attached hydrogens (tertiary/aromatic N) is 2. The van der Waals surface area contributed by atoms with Crippen molar-refractivity contribution in [2.24, 2.45) is 0 Å². The number of likely N-dealkylation sites (tertiary alicyclic amines) is 1. The van der Waals surface area contributed by atoms with E-state index in [0.717, 1.165) is 35.7 Å². The van der Waals surface area contributed by atoms with Crippen molar-refractivity contribution in [1.29, 1.82) is 0 Å². The summed E-state index contributed by atoms with van der Waals surface area (Å²) in [7, 11) is 2.21. The van der Waals surface area contributed by atoms with Crippen molar-refractivity contribution in [3.05, 3.63) is 59.9 Å². The number of fused-ring (bicyclic) bond motifs is 1. The van der Waals surface area contributed by atoms with E-state index in [4.69, 9.17) is 4.74 Å². The fourth-order valence-electron chi connectivity index (χ4n) is 4.18. The summed E-state index contributed by atoms with van der Waals surface area (Å²) in [6.07, 6.45) is 7.62. The molecule has 25 heavy (non-hydrogen) atoms. The molecule has 5 rings (SSSR count). The molecule has 3 heterocycles. The number of aromatic amines is 1. The number of aromatic nitrogens is 2. The van der Waals surface area contributed by atoms with E-state index < -0.39 is 0 Å². The number of benzene rings is 1. The average Bonchev–Trinajstić information content (AvgIpc) is 3.27. The smallest absolute Gasteiger partial charge is 0.138 e. The van der Waals surface area contributed by atoms with Gasteiger partial charge in [0, 0.05) is 18.1 Å². The Bertz CT molecular complexity index is 899. The summed E-state index contributed by atoms with van der Waals surface area (Å²) in [6.45, 7) is 1.06. The fourth-order valence-corrected chi connectivity index (χ4v) is 4.18. The molecule has 2 aliphatic rings. The molecule has 128 valence electrons. The van der Waals surface area contributed by atoms with Crippen molar-refractivity contribution < 1.29 is 4.74 Å². The molecule has 0 amide bonds. The fraction of sp³-hybridized carbons (Fsp3) is 0.381. The Morgan fingerprint density at radius 3 is 2.80 bits per heavy atom. The van der Waals surface area contributed by atoms with E-state index in [2.05, 4.69) is 52.2 Å². The van der Waals surface area contributed by atoms with Crippen LogP contribution in [0.15, 0.2) is 48.8 Å². The lowest BCUT2D eigenvalue weighted by Gasteiger charge is -2.28. The van der Waals surface area contributed by atoms with Crippen molar-refractivity contribution in [2.45, 2.75) is 37.3 Å². The van der Waals surface area contributed by atoms with Crippen LogP contribution in [-0.4, -0.2) is 34.6 Å². The minimum absolute atomic E-state index is 0.170. The van der Waals surface area contributed by atoms with Crippen LogP contribution in [0.5, 0.6) is 5.75 Å². The standard InChI is InChI=1S/C21H23N3O/c1-24-11-9-19(25-16-12-15-8-10-22-21(15)23-13-16)20(24)18-5-3-2-4-17(18)14-6-7-14/h2-5,8,10,12-14,19-20H,6-7,9,11H2,1H3,(H,22,23). The van der Waals surface area contributed by atoms with Gasteiger partial charge < -0.3 is 9.72 Å². The van der Waals surface area contributed by atoms with Crippen LogP contribution < -0.4 is 4.74 Å². The van der Waals surface area contributed by atoms with Gasteiger partial charge in [0.1, 0.15) is 17.5 Å². The number of ether oxygens (including phenoxy) is 1. The maximum Gasteiger partial charge on any atom is 0.138 e. The Kier molecular flexibility index (Phi) is 3.52. The second-order valence-electron chi connectivity index (χ2n) is 7.36. The van der Waals surface area contributed by atoms with Crippen LogP contribution >= 0.6 is 0 Å². The first kappa shape index (κ1) is 15.0. The summed E-state index contributed by atoms with van der Waals surface area (Å²) in [4.78, 5) is 10.0. The number of likely N-dealkylation sites (N-methyl/N-ethyl adjacent to an activating group) is 1. The zero-order chi connectivity index (χ0) is 16.8. The molecule has 0 bridgehead atoms. The number of hydrogen-bond donors (Lipinski definition) is 1. The molecule has 1 aromatic carbocycles. The Balaban J connectivity index is 1.46. The molecule has 1 saturated heterocycles. The molecule has 1 N–H and O–H groups in total. The summed E-state index contributed by atoms with van der Waals surface area (Å²) >= 11 is 0. The van der Waals surface area contributed by atoms with Crippen molar-refractivity contribution in [3.8, 4) is 5.75 Å². The van der Waals surface area contributed by atoms with E-state index in [-0.39, 0.29) is 6.10 Å². The maximum atomic E-state index is 6.43. The molecule has 4 heteroatoms. The van der Waals surface area contributed by atoms with Crippen LogP contribution in [-0.2, 0) is 0 Å². The van der Waals surface area contributed by atoms with Gasteiger partial charge in [-0.3, -0.25) is 4.90 Å². The second-order valence-corrected chi connectivity index (χ2v) is 7.36. The number of pyridine rings is 1. The molecule has 2 aromatic heterocycles. The van der Waals surface area contributed by atoms with Gasteiger partial charge in [0.05, 0.1) is 12.2 Å². The third-order valence-electron chi connectivity index (χ3n) is 5.59. The first-order chi connectivity index (χ1) is 12.3.